The highest BCUT2D eigenvalue weighted by atomic mass is 32.1. The van der Waals surface area contributed by atoms with E-state index in [2.05, 4.69) is 27.0 Å². The van der Waals surface area contributed by atoms with Gasteiger partial charge in [0.05, 0.1) is 18.0 Å². The lowest BCUT2D eigenvalue weighted by Gasteiger charge is -2.20. The molecule has 0 aliphatic carbocycles. The number of imidazole rings is 1. The van der Waals surface area contributed by atoms with Crippen LogP contribution in [0.4, 0.5) is 0 Å². The largest absolute Gasteiger partial charge is 0.386 e. The van der Waals surface area contributed by atoms with Crippen molar-refractivity contribution in [3.63, 3.8) is 0 Å². The number of rotatable bonds is 4. The molecular formula is C13H19N3O2S. The molecule has 2 aromatic rings. The Bertz CT molecular complexity index is 584. The summed E-state index contributed by atoms with van der Waals surface area (Å²) < 4.78 is 7.43. The lowest BCUT2D eigenvalue weighted by Crippen LogP contribution is -2.41. The molecule has 0 amide bonds. The van der Waals surface area contributed by atoms with Gasteiger partial charge in [-0.1, -0.05) is 0 Å². The maximum atomic E-state index is 10.2. The molecule has 0 radical (unpaired) electrons. The van der Waals surface area contributed by atoms with Crippen LogP contribution in [0.1, 0.15) is 23.5 Å². The summed E-state index contributed by atoms with van der Waals surface area (Å²) in [6, 6.07) is 0. The van der Waals surface area contributed by atoms with E-state index in [0.29, 0.717) is 32.7 Å². The van der Waals surface area contributed by atoms with Gasteiger partial charge in [0.2, 0.25) is 0 Å². The first-order valence-corrected chi connectivity index (χ1v) is 7.40. The number of thiazole rings is 1. The summed E-state index contributed by atoms with van der Waals surface area (Å²) in [5, 5.41) is 15.7. The van der Waals surface area contributed by atoms with Gasteiger partial charge >= 0.3 is 0 Å². The molecule has 1 fully saturated rings. The van der Waals surface area contributed by atoms with Crippen molar-refractivity contribution in [3.05, 3.63) is 22.5 Å². The summed E-state index contributed by atoms with van der Waals surface area (Å²) in [6.45, 7) is 6.47. The van der Waals surface area contributed by atoms with Crippen LogP contribution >= 0.6 is 11.3 Å². The van der Waals surface area contributed by atoms with Crippen LogP contribution < -0.4 is 5.32 Å². The Morgan fingerprint density at radius 1 is 1.58 bits per heavy atom. The number of aromatic nitrogens is 2. The highest BCUT2D eigenvalue weighted by Gasteiger charge is 2.31. The van der Waals surface area contributed by atoms with E-state index in [0.717, 1.165) is 10.7 Å². The molecule has 2 aromatic heterocycles. The second-order valence-corrected chi connectivity index (χ2v) is 6.11. The van der Waals surface area contributed by atoms with Crippen molar-refractivity contribution < 1.29 is 9.84 Å². The van der Waals surface area contributed by atoms with Gasteiger partial charge < -0.3 is 15.2 Å². The van der Waals surface area contributed by atoms with Crippen molar-refractivity contribution in [1.29, 1.82) is 0 Å². The minimum absolute atomic E-state index is 0.429. The minimum Gasteiger partial charge on any atom is -0.386 e. The third-order valence-corrected chi connectivity index (χ3v) is 4.60. The van der Waals surface area contributed by atoms with E-state index in [1.54, 1.807) is 11.3 Å². The Kier molecular flexibility index (Phi) is 3.34. The summed E-state index contributed by atoms with van der Waals surface area (Å²) >= 11 is 1.66. The van der Waals surface area contributed by atoms with E-state index in [9.17, 15) is 5.11 Å². The van der Waals surface area contributed by atoms with E-state index in [1.165, 1.54) is 11.4 Å². The lowest BCUT2D eigenvalue weighted by atomic mass is 10.0. The second kappa shape index (κ2) is 4.86. The smallest absolute Gasteiger partial charge is 0.194 e. The predicted octanol–water partition coefficient (Wildman–Crippen LogP) is 1.25. The van der Waals surface area contributed by atoms with Crippen molar-refractivity contribution in [3.8, 4) is 0 Å². The first kappa shape index (κ1) is 13.1. The number of ether oxygens (including phenoxy) is 1. The van der Waals surface area contributed by atoms with Gasteiger partial charge in [-0.2, -0.15) is 0 Å². The average Bonchev–Trinajstić information content (AvgIpc) is 3.01. The summed E-state index contributed by atoms with van der Waals surface area (Å²) in [7, 11) is 0. The number of aliphatic hydroxyl groups is 1. The van der Waals surface area contributed by atoms with Crippen molar-refractivity contribution in [1.82, 2.24) is 14.7 Å². The molecule has 6 heteroatoms. The number of hydrogen-bond donors (Lipinski definition) is 2. The quantitative estimate of drug-likeness (QED) is 0.885. The van der Waals surface area contributed by atoms with Gasteiger partial charge in [0.15, 0.2) is 4.96 Å². The summed E-state index contributed by atoms with van der Waals surface area (Å²) in [5.74, 6) is 0. The maximum Gasteiger partial charge on any atom is 0.194 e. The standard InChI is InChI=1S/C13H19N3O2S/c1-9-6-19-12-15-10(2)11(16(9)12)5-14-7-13(17)3-4-18-8-13/h6,14,17H,3-5,7-8H2,1-2H3. The van der Waals surface area contributed by atoms with Crippen molar-refractivity contribution in [2.45, 2.75) is 32.4 Å². The lowest BCUT2D eigenvalue weighted by molar-refractivity contribution is 0.0268. The Morgan fingerprint density at radius 3 is 3.16 bits per heavy atom. The van der Waals surface area contributed by atoms with Crippen molar-refractivity contribution >= 4 is 16.3 Å². The topological polar surface area (TPSA) is 58.8 Å². The predicted molar refractivity (Wildman–Crippen MR) is 74.6 cm³/mol. The molecule has 1 unspecified atom stereocenters. The number of fused-ring (bicyclic) bond motifs is 1. The second-order valence-electron chi connectivity index (χ2n) is 5.27. The minimum atomic E-state index is -0.707. The van der Waals surface area contributed by atoms with Gasteiger partial charge in [-0.3, -0.25) is 4.40 Å². The Labute approximate surface area is 116 Å². The number of nitrogens with one attached hydrogen (secondary N) is 1. The van der Waals surface area contributed by atoms with Gasteiger partial charge in [-0.05, 0) is 13.8 Å². The van der Waals surface area contributed by atoms with Crippen LogP contribution in [0.3, 0.4) is 0 Å². The third kappa shape index (κ3) is 2.41. The van der Waals surface area contributed by atoms with E-state index in [1.807, 2.05) is 6.92 Å². The molecule has 19 heavy (non-hydrogen) atoms. The van der Waals surface area contributed by atoms with Crippen LogP contribution in [0, 0.1) is 13.8 Å². The van der Waals surface area contributed by atoms with E-state index >= 15 is 0 Å². The zero-order valence-electron chi connectivity index (χ0n) is 11.3. The molecule has 1 aliphatic heterocycles. The Balaban J connectivity index is 1.71. The molecule has 1 saturated heterocycles. The highest BCUT2D eigenvalue weighted by Crippen LogP contribution is 2.21. The molecule has 2 N–H and O–H groups in total. The first-order chi connectivity index (χ1) is 9.09. The van der Waals surface area contributed by atoms with Gasteiger partial charge in [0, 0.05) is 37.2 Å². The molecule has 0 saturated carbocycles. The first-order valence-electron chi connectivity index (χ1n) is 6.52. The highest BCUT2D eigenvalue weighted by molar-refractivity contribution is 7.15. The van der Waals surface area contributed by atoms with Crippen molar-refractivity contribution in [2.24, 2.45) is 0 Å². The van der Waals surface area contributed by atoms with Gasteiger partial charge in [0.1, 0.15) is 5.60 Å². The molecule has 104 valence electrons. The van der Waals surface area contributed by atoms with Crippen LogP contribution in [0.5, 0.6) is 0 Å². The van der Waals surface area contributed by atoms with Gasteiger partial charge in [0.25, 0.3) is 0 Å². The molecule has 5 nitrogen and oxygen atoms in total. The molecule has 1 aliphatic rings. The molecule has 3 heterocycles. The van der Waals surface area contributed by atoms with Gasteiger partial charge in [-0.15, -0.1) is 11.3 Å². The zero-order chi connectivity index (χ0) is 13.5. The Hall–Kier alpha value is -0.950. The molecule has 0 bridgehead atoms. The van der Waals surface area contributed by atoms with Crippen LogP contribution in [0.2, 0.25) is 0 Å². The fraction of sp³-hybridized carbons (Fsp3) is 0.615. The third-order valence-electron chi connectivity index (χ3n) is 3.66. The van der Waals surface area contributed by atoms with Gasteiger partial charge in [-0.25, -0.2) is 4.98 Å². The van der Waals surface area contributed by atoms with E-state index < -0.39 is 5.60 Å². The molecule has 1 atom stereocenters. The SMILES string of the molecule is Cc1nc2scc(C)n2c1CNCC1(O)CCOC1. The average molecular weight is 281 g/mol. The molecule has 0 spiro atoms. The van der Waals surface area contributed by atoms with Crippen LogP contribution in [0.15, 0.2) is 5.38 Å². The van der Waals surface area contributed by atoms with E-state index in [4.69, 9.17) is 4.74 Å². The monoisotopic (exact) mass is 281 g/mol. The van der Waals surface area contributed by atoms with Crippen LogP contribution in [-0.2, 0) is 11.3 Å². The van der Waals surface area contributed by atoms with Crippen LogP contribution in [-0.4, -0.2) is 39.9 Å². The normalized spacial score (nSPS) is 23.5. The molecule has 3 rings (SSSR count). The number of aryl methyl sites for hydroxylation is 2. The maximum absolute atomic E-state index is 10.2. The fourth-order valence-electron chi connectivity index (χ4n) is 2.53. The zero-order valence-corrected chi connectivity index (χ0v) is 12.1. The van der Waals surface area contributed by atoms with Crippen LogP contribution in [0.25, 0.3) is 4.96 Å². The summed E-state index contributed by atoms with van der Waals surface area (Å²) in [5.41, 5.74) is 2.73. The fourth-order valence-corrected chi connectivity index (χ4v) is 3.46. The van der Waals surface area contributed by atoms with Crippen molar-refractivity contribution in [2.75, 3.05) is 19.8 Å². The summed E-state index contributed by atoms with van der Waals surface area (Å²) in [4.78, 5) is 5.59. The number of nitrogens with zero attached hydrogens (tertiary/aromatic N) is 2. The molecular weight excluding hydrogens is 262 g/mol. The number of hydrogen-bond acceptors (Lipinski definition) is 5. The van der Waals surface area contributed by atoms with E-state index in [-0.39, 0.29) is 0 Å². The summed E-state index contributed by atoms with van der Waals surface area (Å²) in [6.07, 6.45) is 0.707. The molecule has 0 aromatic carbocycles. The Morgan fingerprint density at radius 2 is 2.42 bits per heavy atom.